The molecule has 0 fully saturated rings. The summed E-state index contributed by atoms with van der Waals surface area (Å²) in [6, 6.07) is 13.9. The van der Waals surface area contributed by atoms with E-state index in [1.165, 1.54) is 4.31 Å². The number of hydrogen-bond donors (Lipinski definition) is 1. The first-order valence-corrected chi connectivity index (χ1v) is 8.17. The summed E-state index contributed by atoms with van der Waals surface area (Å²) < 4.78 is 25.3. The standard InChI is InChI=1S/C14H15ClN2O2S/c1-20(18,19)17(13-7-4-6-12(16)9-13)10-11-5-2-3-8-14(11)15/h2-9H,10,16H2,1H3. The van der Waals surface area contributed by atoms with E-state index in [0.717, 1.165) is 11.8 Å². The lowest BCUT2D eigenvalue weighted by Gasteiger charge is -2.23. The maximum Gasteiger partial charge on any atom is 0.232 e. The van der Waals surface area contributed by atoms with Crippen molar-refractivity contribution < 1.29 is 8.42 Å². The Hall–Kier alpha value is -1.72. The Balaban J connectivity index is 2.43. The highest BCUT2D eigenvalue weighted by molar-refractivity contribution is 7.92. The van der Waals surface area contributed by atoms with E-state index in [0.29, 0.717) is 16.4 Å². The molecule has 20 heavy (non-hydrogen) atoms. The lowest BCUT2D eigenvalue weighted by atomic mass is 10.2. The fourth-order valence-electron chi connectivity index (χ4n) is 1.86. The predicted octanol–water partition coefficient (Wildman–Crippen LogP) is 2.89. The number of nitrogen functional groups attached to an aromatic ring is 1. The average molecular weight is 311 g/mol. The minimum absolute atomic E-state index is 0.169. The number of sulfonamides is 1. The van der Waals surface area contributed by atoms with Crippen molar-refractivity contribution in [2.24, 2.45) is 0 Å². The summed E-state index contributed by atoms with van der Waals surface area (Å²) in [5.41, 5.74) is 7.48. The van der Waals surface area contributed by atoms with Crippen LogP contribution < -0.4 is 10.0 Å². The smallest absolute Gasteiger partial charge is 0.232 e. The molecule has 0 unspecified atom stereocenters. The third-order valence-corrected chi connectivity index (χ3v) is 4.34. The topological polar surface area (TPSA) is 63.4 Å². The van der Waals surface area contributed by atoms with Gasteiger partial charge in [0.25, 0.3) is 0 Å². The molecule has 0 atom stereocenters. The third kappa shape index (κ3) is 3.43. The second-order valence-corrected chi connectivity index (χ2v) is 6.77. The van der Waals surface area contributed by atoms with E-state index < -0.39 is 10.0 Å². The van der Waals surface area contributed by atoms with Crippen LogP contribution in [0.4, 0.5) is 11.4 Å². The fraction of sp³-hybridized carbons (Fsp3) is 0.143. The lowest BCUT2D eigenvalue weighted by molar-refractivity contribution is 0.596. The molecule has 2 rings (SSSR count). The van der Waals surface area contributed by atoms with Crippen molar-refractivity contribution in [2.45, 2.75) is 6.54 Å². The summed E-state index contributed by atoms with van der Waals surface area (Å²) in [4.78, 5) is 0. The molecular weight excluding hydrogens is 296 g/mol. The molecule has 0 aliphatic rings. The quantitative estimate of drug-likeness (QED) is 0.883. The minimum atomic E-state index is -3.43. The van der Waals surface area contributed by atoms with Crippen molar-refractivity contribution in [3.8, 4) is 0 Å². The Morgan fingerprint density at radius 1 is 1.15 bits per heavy atom. The van der Waals surface area contributed by atoms with Gasteiger partial charge in [0.2, 0.25) is 10.0 Å². The zero-order valence-corrected chi connectivity index (χ0v) is 12.5. The van der Waals surface area contributed by atoms with Crippen LogP contribution in [0.3, 0.4) is 0 Å². The molecule has 106 valence electrons. The number of benzene rings is 2. The number of rotatable bonds is 4. The van der Waals surface area contributed by atoms with E-state index in [1.807, 2.05) is 6.07 Å². The van der Waals surface area contributed by atoms with Crippen LogP contribution in [0.25, 0.3) is 0 Å². The van der Waals surface area contributed by atoms with Crippen LogP contribution in [0.5, 0.6) is 0 Å². The van der Waals surface area contributed by atoms with Crippen molar-refractivity contribution >= 4 is 33.0 Å². The van der Waals surface area contributed by atoms with Crippen molar-refractivity contribution in [3.63, 3.8) is 0 Å². The van der Waals surface area contributed by atoms with Crippen LogP contribution in [-0.2, 0) is 16.6 Å². The highest BCUT2D eigenvalue weighted by atomic mass is 35.5. The van der Waals surface area contributed by atoms with Gasteiger partial charge in [-0.3, -0.25) is 4.31 Å². The van der Waals surface area contributed by atoms with Crippen LogP contribution >= 0.6 is 11.6 Å². The summed E-state index contributed by atoms with van der Waals surface area (Å²) in [5.74, 6) is 0. The monoisotopic (exact) mass is 310 g/mol. The molecule has 2 aromatic rings. The lowest BCUT2D eigenvalue weighted by Crippen LogP contribution is -2.29. The molecule has 0 bridgehead atoms. The number of halogens is 1. The second kappa shape index (κ2) is 5.73. The summed E-state index contributed by atoms with van der Waals surface area (Å²) >= 11 is 6.09. The third-order valence-electron chi connectivity index (χ3n) is 2.83. The number of hydrogen-bond acceptors (Lipinski definition) is 3. The Morgan fingerprint density at radius 3 is 2.45 bits per heavy atom. The number of nitrogens with two attached hydrogens (primary N) is 1. The largest absolute Gasteiger partial charge is 0.399 e. The first-order valence-electron chi connectivity index (χ1n) is 5.94. The minimum Gasteiger partial charge on any atom is -0.399 e. The van der Waals surface area contributed by atoms with Crippen molar-refractivity contribution in [1.82, 2.24) is 0 Å². The van der Waals surface area contributed by atoms with Gasteiger partial charge in [-0.2, -0.15) is 0 Å². The molecule has 0 aliphatic heterocycles. The van der Waals surface area contributed by atoms with Gasteiger partial charge in [0, 0.05) is 10.7 Å². The van der Waals surface area contributed by atoms with Gasteiger partial charge in [0.1, 0.15) is 0 Å². The first-order chi connectivity index (χ1) is 9.38. The molecule has 0 radical (unpaired) electrons. The molecule has 0 aliphatic carbocycles. The van der Waals surface area contributed by atoms with Gasteiger partial charge in [-0.05, 0) is 29.8 Å². The molecule has 0 amide bonds. The Labute approximate surface area is 123 Å². The zero-order valence-electron chi connectivity index (χ0n) is 11.0. The van der Waals surface area contributed by atoms with E-state index >= 15 is 0 Å². The molecule has 0 saturated carbocycles. The van der Waals surface area contributed by atoms with Gasteiger partial charge in [-0.25, -0.2) is 8.42 Å². The highest BCUT2D eigenvalue weighted by Gasteiger charge is 2.19. The highest BCUT2D eigenvalue weighted by Crippen LogP contribution is 2.25. The zero-order chi connectivity index (χ0) is 14.8. The maximum absolute atomic E-state index is 12.0. The molecule has 2 aromatic carbocycles. The number of anilines is 2. The van der Waals surface area contributed by atoms with Crippen LogP contribution in [0.15, 0.2) is 48.5 Å². The molecule has 6 heteroatoms. The summed E-state index contributed by atoms with van der Waals surface area (Å²) in [6.07, 6.45) is 1.16. The number of nitrogens with zero attached hydrogens (tertiary/aromatic N) is 1. The van der Waals surface area contributed by atoms with Crippen LogP contribution in [0, 0.1) is 0 Å². The van der Waals surface area contributed by atoms with Crippen molar-refractivity contribution in [3.05, 3.63) is 59.1 Å². The summed E-state index contributed by atoms with van der Waals surface area (Å²) in [6.45, 7) is 0.169. The van der Waals surface area contributed by atoms with E-state index in [2.05, 4.69) is 0 Å². The molecule has 0 aromatic heterocycles. The van der Waals surface area contributed by atoms with Gasteiger partial charge in [0.05, 0.1) is 18.5 Å². The average Bonchev–Trinajstić information content (AvgIpc) is 2.36. The summed E-state index contributed by atoms with van der Waals surface area (Å²) in [7, 11) is -3.43. The van der Waals surface area contributed by atoms with E-state index in [-0.39, 0.29) is 6.54 Å². The summed E-state index contributed by atoms with van der Waals surface area (Å²) in [5, 5.41) is 0.532. The maximum atomic E-state index is 12.0. The van der Waals surface area contributed by atoms with Crippen molar-refractivity contribution in [2.75, 3.05) is 16.3 Å². The Bertz CT molecular complexity index is 717. The van der Waals surface area contributed by atoms with Crippen LogP contribution in [0.2, 0.25) is 5.02 Å². The van der Waals surface area contributed by atoms with Crippen LogP contribution in [-0.4, -0.2) is 14.7 Å². The fourth-order valence-corrected chi connectivity index (χ4v) is 2.93. The van der Waals surface area contributed by atoms with Crippen LogP contribution in [0.1, 0.15) is 5.56 Å². The SMILES string of the molecule is CS(=O)(=O)N(Cc1ccccc1Cl)c1cccc(N)c1. The second-order valence-electron chi connectivity index (χ2n) is 4.46. The van der Waals surface area contributed by atoms with Gasteiger partial charge in [-0.15, -0.1) is 0 Å². The molecule has 0 saturated heterocycles. The first kappa shape index (κ1) is 14.7. The van der Waals surface area contributed by atoms with Gasteiger partial charge in [-0.1, -0.05) is 35.9 Å². The molecule has 0 spiro atoms. The molecule has 2 N–H and O–H groups in total. The molecular formula is C14H15ClN2O2S. The van der Waals surface area contributed by atoms with E-state index in [9.17, 15) is 8.42 Å². The molecule has 4 nitrogen and oxygen atoms in total. The molecule has 0 heterocycles. The van der Waals surface area contributed by atoms with Crippen molar-refractivity contribution in [1.29, 1.82) is 0 Å². The Morgan fingerprint density at radius 2 is 1.85 bits per heavy atom. The van der Waals surface area contributed by atoms with E-state index in [4.69, 9.17) is 17.3 Å². The van der Waals surface area contributed by atoms with Gasteiger partial charge in [0.15, 0.2) is 0 Å². The van der Waals surface area contributed by atoms with E-state index in [1.54, 1.807) is 42.5 Å². The predicted molar refractivity (Wildman–Crippen MR) is 83.3 cm³/mol. The van der Waals surface area contributed by atoms with Gasteiger partial charge < -0.3 is 5.73 Å². The normalized spacial score (nSPS) is 11.3. The Kier molecular flexibility index (Phi) is 4.20. The van der Waals surface area contributed by atoms with Gasteiger partial charge >= 0.3 is 0 Å².